The van der Waals surface area contributed by atoms with E-state index in [4.69, 9.17) is 9.59 Å². The Hall–Kier alpha value is -0.620. The van der Waals surface area contributed by atoms with Gasteiger partial charge in [-0.3, -0.25) is 0 Å². The number of rotatable bonds is 1. The third-order valence-electron chi connectivity index (χ3n) is 0.500. The molecule has 2 heteroatoms. The molecule has 46 valence electrons. The van der Waals surface area contributed by atoms with E-state index in [-0.39, 0.29) is 13.6 Å². The SMILES string of the molecule is CCCC.O=C=O.[C]. The Labute approximate surface area is 50.9 Å². The second-order valence-electron chi connectivity index (χ2n) is 1.08. The Balaban J connectivity index is -0.0000000575. The number of unbranched alkanes of at least 4 members (excludes halogenated alkanes) is 1. The summed E-state index contributed by atoms with van der Waals surface area (Å²) >= 11 is 0. The van der Waals surface area contributed by atoms with Crippen molar-refractivity contribution in [2.24, 2.45) is 0 Å². The monoisotopic (exact) mass is 114 g/mol. The summed E-state index contributed by atoms with van der Waals surface area (Å²) in [6, 6.07) is 0. The summed E-state index contributed by atoms with van der Waals surface area (Å²) < 4.78 is 0. The van der Waals surface area contributed by atoms with Crippen LogP contribution in [0.15, 0.2) is 0 Å². The molecule has 0 atom stereocenters. The topological polar surface area (TPSA) is 34.1 Å². The van der Waals surface area contributed by atoms with Gasteiger partial charge in [-0.15, -0.1) is 0 Å². The molecule has 0 amide bonds. The largest absolute Gasteiger partial charge is 0.373 e. The molecule has 0 aromatic heterocycles. The minimum atomic E-state index is 0. The number of hydrogen-bond donors (Lipinski definition) is 0. The highest BCUT2D eigenvalue weighted by atomic mass is 16.2. The van der Waals surface area contributed by atoms with E-state index in [0.29, 0.717) is 0 Å². The van der Waals surface area contributed by atoms with Gasteiger partial charge in [0.05, 0.1) is 0 Å². The van der Waals surface area contributed by atoms with Crippen LogP contribution in [-0.4, -0.2) is 6.15 Å². The Kier molecular flexibility index (Phi) is 63.8. The molecule has 0 aliphatic carbocycles. The molecule has 0 bridgehead atoms. The first-order chi connectivity index (χ1) is 3.33. The van der Waals surface area contributed by atoms with Gasteiger partial charge < -0.3 is 0 Å². The van der Waals surface area contributed by atoms with Crippen LogP contribution < -0.4 is 0 Å². The van der Waals surface area contributed by atoms with Crippen LogP contribution in [0, 0.1) is 7.43 Å². The average Bonchev–Trinajstić information content (AvgIpc) is 1.69. The molecule has 0 fully saturated rings. The normalized spacial score (nSPS) is 4.75. The summed E-state index contributed by atoms with van der Waals surface area (Å²) in [6.45, 7) is 4.36. The molecule has 0 aliphatic heterocycles. The summed E-state index contributed by atoms with van der Waals surface area (Å²) in [6.07, 6.45) is 2.89. The van der Waals surface area contributed by atoms with Crippen molar-refractivity contribution in [2.45, 2.75) is 26.7 Å². The van der Waals surface area contributed by atoms with Crippen molar-refractivity contribution in [3.05, 3.63) is 7.43 Å². The van der Waals surface area contributed by atoms with Gasteiger partial charge in [0.2, 0.25) is 0 Å². The fourth-order valence-corrected chi connectivity index (χ4v) is 0. The molecule has 0 aromatic carbocycles. The average molecular weight is 114 g/mol. The van der Waals surface area contributed by atoms with Gasteiger partial charge in [-0.25, -0.2) is 0 Å². The van der Waals surface area contributed by atoms with Crippen LogP contribution in [0.4, 0.5) is 0 Å². The van der Waals surface area contributed by atoms with Crippen LogP contribution in [-0.2, 0) is 9.59 Å². The van der Waals surface area contributed by atoms with E-state index in [9.17, 15) is 0 Å². The highest BCUT2D eigenvalue weighted by Crippen LogP contribution is 1.76. The van der Waals surface area contributed by atoms with E-state index in [1.165, 1.54) is 12.8 Å². The fourth-order valence-electron chi connectivity index (χ4n) is 0. The second-order valence-corrected chi connectivity index (χ2v) is 1.08. The molecule has 0 spiro atoms. The van der Waals surface area contributed by atoms with Crippen LogP contribution >= 0.6 is 0 Å². The smallest absolute Gasteiger partial charge is 0.186 e. The minimum absolute atomic E-state index is 0. The Morgan fingerprint density at radius 2 is 1.25 bits per heavy atom. The quantitative estimate of drug-likeness (QED) is 0.515. The number of carbonyl (C=O) groups excluding carboxylic acids is 2. The Morgan fingerprint density at radius 3 is 1.25 bits per heavy atom. The minimum Gasteiger partial charge on any atom is -0.186 e. The lowest BCUT2D eigenvalue weighted by molar-refractivity contribution is -0.191. The molecule has 8 heavy (non-hydrogen) atoms. The van der Waals surface area contributed by atoms with Crippen molar-refractivity contribution in [1.29, 1.82) is 0 Å². The predicted octanol–water partition coefficient (Wildman–Crippen LogP) is 1.30. The van der Waals surface area contributed by atoms with Gasteiger partial charge in [-0.05, 0) is 0 Å². The maximum absolute atomic E-state index is 8.12. The van der Waals surface area contributed by atoms with Gasteiger partial charge >= 0.3 is 6.15 Å². The lowest BCUT2D eigenvalue weighted by Gasteiger charge is -1.68. The lowest BCUT2D eigenvalue weighted by atomic mass is 10.4. The van der Waals surface area contributed by atoms with Crippen LogP contribution in [0.25, 0.3) is 0 Å². The maximum Gasteiger partial charge on any atom is 0.373 e. The molecule has 0 aromatic rings. The predicted molar refractivity (Wildman–Crippen MR) is 28.8 cm³/mol. The summed E-state index contributed by atoms with van der Waals surface area (Å²) in [5.41, 5.74) is 0. The third-order valence-corrected chi connectivity index (χ3v) is 0.500. The molecular weight excluding hydrogens is 104 g/mol. The Bertz CT molecular complexity index is 42.5. The van der Waals surface area contributed by atoms with Gasteiger partial charge in [0.1, 0.15) is 0 Å². The van der Waals surface area contributed by atoms with Crippen LogP contribution in [0.3, 0.4) is 0 Å². The van der Waals surface area contributed by atoms with E-state index in [2.05, 4.69) is 13.8 Å². The van der Waals surface area contributed by atoms with Crippen molar-refractivity contribution in [3.8, 4) is 0 Å². The molecule has 4 radical (unpaired) electrons. The van der Waals surface area contributed by atoms with E-state index in [1.807, 2.05) is 0 Å². The van der Waals surface area contributed by atoms with Gasteiger partial charge in [-0.1, -0.05) is 26.7 Å². The first-order valence-corrected chi connectivity index (χ1v) is 2.32. The maximum atomic E-state index is 8.12. The molecule has 0 saturated carbocycles. The molecule has 2 nitrogen and oxygen atoms in total. The molecular formula is C6H10O2. The van der Waals surface area contributed by atoms with Crippen molar-refractivity contribution < 1.29 is 9.59 Å². The summed E-state index contributed by atoms with van der Waals surface area (Å²) in [5, 5.41) is 0. The van der Waals surface area contributed by atoms with E-state index >= 15 is 0 Å². The third kappa shape index (κ3) is 715. The van der Waals surface area contributed by atoms with Crippen LogP contribution in [0.5, 0.6) is 0 Å². The first kappa shape index (κ1) is 15.7. The Morgan fingerprint density at radius 1 is 1.12 bits per heavy atom. The molecule has 0 unspecified atom stereocenters. The van der Waals surface area contributed by atoms with Crippen molar-refractivity contribution in [2.75, 3.05) is 0 Å². The second kappa shape index (κ2) is 32.6. The zero-order valence-electron chi connectivity index (χ0n) is 5.23. The zero-order chi connectivity index (χ0) is 6.12. The highest BCUT2D eigenvalue weighted by Gasteiger charge is 1.56. The van der Waals surface area contributed by atoms with Gasteiger partial charge in [0, 0.05) is 7.43 Å². The highest BCUT2D eigenvalue weighted by molar-refractivity contribution is 5.20. The van der Waals surface area contributed by atoms with Crippen molar-refractivity contribution >= 4 is 6.15 Å². The summed E-state index contributed by atoms with van der Waals surface area (Å²) in [7, 11) is 0. The van der Waals surface area contributed by atoms with E-state index in [1.54, 1.807) is 0 Å². The van der Waals surface area contributed by atoms with Gasteiger partial charge in [-0.2, -0.15) is 9.59 Å². The molecule has 0 aliphatic rings. The summed E-state index contributed by atoms with van der Waals surface area (Å²) in [5.74, 6) is 0. The first-order valence-electron chi connectivity index (χ1n) is 2.32. The van der Waals surface area contributed by atoms with Crippen LogP contribution in [0.1, 0.15) is 26.7 Å². The molecule has 0 heterocycles. The van der Waals surface area contributed by atoms with E-state index in [0.717, 1.165) is 0 Å². The van der Waals surface area contributed by atoms with Gasteiger partial charge in [0.15, 0.2) is 0 Å². The number of hydrogen-bond acceptors (Lipinski definition) is 2. The molecule has 0 rings (SSSR count). The molecule has 0 N–H and O–H groups in total. The lowest BCUT2D eigenvalue weighted by Crippen LogP contribution is -1.47. The summed E-state index contributed by atoms with van der Waals surface area (Å²) in [4.78, 5) is 16.2. The van der Waals surface area contributed by atoms with Crippen molar-refractivity contribution in [1.82, 2.24) is 0 Å². The molecule has 0 saturated heterocycles. The van der Waals surface area contributed by atoms with E-state index < -0.39 is 0 Å². The standard InChI is InChI=1S/C4H10.CO2.C/c1-3-4-2;2-1-3;/h3-4H2,1-2H3;;. The zero-order valence-corrected chi connectivity index (χ0v) is 5.23. The van der Waals surface area contributed by atoms with Crippen LogP contribution in [0.2, 0.25) is 0 Å². The van der Waals surface area contributed by atoms with Crippen molar-refractivity contribution in [3.63, 3.8) is 0 Å². The fraction of sp³-hybridized carbons (Fsp3) is 0.667. The van der Waals surface area contributed by atoms with Gasteiger partial charge in [0.25, 0.3) is 0 Å².